The first kappa shape index (κ1) is 14.7. The van der Waals surface area contributed by atoms with E-state index < -0.39 is 6.67 Å². The largest absolute Gasteiger partial charge is 0.493 e. The summed E-state index contributed by atoms with van der Waals surface area (Å²) in [4.78, 5) is 0. The summed E-state index contributed by atoms with van der Waals surface area (Å²) in [6.45, 7) is 1.53. The Kier molecular flexibility index (Phi) is 7.13. The minimum Gasteiger partial charge on any atom is -0.493 e. The predicted octanol–water partition coefficient (Wildman–Crippen LogP) is 1.78. The van der Waals surface area contributed by atoms with Crippen molar-refractivity contribution in [1.29, 1.82) is 0 Å². The number of nitrogens with one attached hydrogen (secondary N) is 1. The van der Waals surface area contributed by atoms with Crippen LogP contribution in [-0.2, 0) is 11.3 Å². The minimum absolute atomic E-state index is 0.0332. The van der Waals surface area contributed by atoms with Crippen LogP contribution in [0.1, 0.15) is 5.56 Å². The van der Waals surface area contributed by atoms with Crippen LogP contribution in [0.3, 0.4) is 0 Å². The van der Waals surface area contributed by atoms with Crippen LogP contribution in [-0.4, -0.2) is 40.7 Å². The molecule has 1 aromatic carbocycles. The first-order valence-corrected chi connectivity index (χ1v) is 5.87. The summed E-state index contributed by atoms with van der Waals surface area (Å²) >= 11 is 0. The second-order valence-corrected chi connectivity index (χ2v) is 3.66. The summed E-state index contributed by atoms with van der Waals surface area (Å²) in [5.74, 6) is 1.22. The van der Waals surface area contributed by atoms with E-state index >= 15 is 0 Å². The predicted molar refractivity (Wildman–Crippen MR) is 68.0 cm³/mol. The van der Waals surface area contributed by atoms with Gasteiger partial charge >= 0.3 is 0 Å². The Morgan fingerprint density at radius 1 is 1.22 bits per heavy atom. The van der Waals surface area contributed by atoms with E-state index in [0.717, 1.165) is 12.1 Å². The van der Waals surface area contributed by atoms with Crippen molar-refractivity contribution in [3.05, 3.63) is 23.8 Å². The molecule has 0 fully saturated rings. The fourth-order valence-corrected chi connectivity index (χ4v) is 1.56. The molecule has 1 aromatic rings. The smallest absolute Gasteiger partial charge is 0.165 e. The maximum absolute atomic E-state index is 12.2. The summed E-state index contributed by atoms with van der Waals surface area (Å²) in [5.41, 5.74) is 0.943. The van der Waals surface area contributed by atoms with Crippen molar-refractivity contribution in [2.24, 2.45) is 0 Å². The van der Waals surface area contributed by atoms with Crippen LogP contribution in [0.2, 0.25) is 0 Å². The molecule has 0 saturated carbocycles. The Morgan fingerprint density at radius 2 is 2.06 bits per heavy atom. The molecule has 18 heavy (non-hydrogen) atoms. The highest BCUT2D eigenvalue weighted by Gasteiger charge is 2.10. The van der Waals surface area contributed by atoms with Crippen LogP contribution in [0.15, 0.2) is 18.2 Å². The number of methoxy groups -OCH3 is 2. The van der Waals surface area contributed by atoms with E-state index in [4.69, 9.17) is 14.2 Å². The third-order valence-corrected chi connectivity index (χ3v) is 2.40. The normalized spacial score (nSPS) is 10.4. The highest BCUT2D eigenvalue weighted by molar-refractivity contribution is 5.46. The van der Waals surface area contributed by atoms with Gasteiger partial charge < -0.3 is 19.5 Å². The van der Waals surface area contributed by atoms with E-state index in [1.165, 1.54) is 0 Å². The lowest BCUT2D eigenvalue weighted by Gasteiger charge is -2.14. The molecule has 1 rings (SSSR count). The summed E-state index contributed by atoms with van der Waals surface area (Å²) in [5, 5.41) is 3.22. The molecule has 0 bridgehead atoms. The minimum atomic E-state index is -0.519. The number of ether oxygens (including phenoxy) is 3. The van der Waals surface area contributed by atoms with E-state index in [1.807, 2.05) is 12.1 Å². The highest BCUT2D eigenvalue weighted by atomic mass is 19.1. The zero-order valence-electron chi connectivity index (χ0n) is 10.9. The zero-order chi connectivity index (χ0) is 13.2. The molecule has 0 saturated heterocycles. The zero-order valence-corrected chi connectivity index (χ0v) is 10.9. The Balaban J connectivity index is 2.68. The lowest BCUT2D eigenvalue weighted by Crippen LogP contribution is -2.19. The second-order valence-electron chi connectivity index (χ2n) is 3.66. The van der Waals surface area contributed by atoms with Gasteiger partial charge in [0, 0.05) is 25.8 Å². The molecule has 4 nitrogen and oxygen atoms in total. The van der Waals surface area contributed by atoms with Gasteiger partial charge in [0.1, 0.15) is 13.3 Å². The maximum Gasteiger partial charge on any atom is 0.165 e. The molecule has 0 amide bonds. The van der Waals surface area contributed by atoms with Crippen molar-refractivity contribution in [2.75, 3.05) is 40.7 Å². The topological polar surface area (TPSA) is 39.7 Å². The summed E-state index contributed by atoms with van der Waals surface area (Å²) in [7, 11) is 3.22. The van der Waals surface area contributed by atoms with Crippen LogP contribution in [0.25, 0.3) is 0 Å². The number of halogens is 1. The molecule has 0 radical (unpaired) electrons. The highest BCUT2D eigenvalue weighted by Crippen LogP contribution is 2.30. The van der Waals surface area contributed by atoms with Crippen LogP contribution in [0, 0.1) is 0 Å². The molecule has 0 aliphatic carbocycles. The van der Waals surface area contributed by atoms with Crippen LogP contribution < -0.4 is 14.8 Å². The van der Waals surface area contributed by atoms with E-state index in [0.29, 0.717) is 24.7 Å². The van der Waals surface area contributed by atoms with Gasteiger partial charge in [0.05, 0.1) is 13.7 Å². The molecule has 0 atom stereocenters. The fraction of sp³-hybridized carbons (Fsp3) is 0.538. The molecular weight excluding hydrogens is 237 g/mol. The van der Waals surface area contributed by atoms with Crippen molar-refractivity contribution in [2.45, 2.75) is 6.54 Å². The van der Waals surface area contributed by atoms with Gasteiger partial charge in [0.15, 0.2) is 11.5 Å². The van der Waals surface area contributed by atoms with Gasteiger partial charge in [0.2, 0.25) is 0 Å². The third kappa shape index (κ3) is 4.50. The average molecular weight is 257 g/mol. The molecule has 0 spiro atoms. The van der Waals surface area contributed by atoms with E-state index in [1.54, 1.807) is 20.3 Å². The third-order valence-electron chi connectivity index (χ3n) is 2.40. The monoisotopic (exact) mass is 257 g/mol. The van der Waals surface area contributed by atoms with Gasteiger partial charge in [0.25, 0.3) is 0 Å². The quantitative estimate of drug-likeness (QED) is 0.685. The number of rotatable bonds is 9. The Bertz CT molecular complexity index is 347. The fourth-order valence-electron chi connectivity index (χ4n) is 1.56. The van der Waals surface area contributed by atoms with Gasteiger partial charge in [-0.15, -0.1) is 0 Å². The van der Waals surface area contributed by atoms with Gasteiger partial charge in [-0.25, -0.2) is 4.39 Å². The molecule has 102 valence electrons. The number of benzene rings is 1. The Hall–Kier alpha value is -1.33. The summed E-state index contributed by atoms with van der Waals surface area (Å²) in [6.07, 6.45) is 0. The van der Waals surface area contributed by atoms with Gasteiger partial charge in [-0.05, 0) is 6.07 Å². The van der Waals surface area contributed by atoms with Crippen molar-refractivity contribution < 1.29 is 18.6 Å². The van der Waals surface area contributed by atoms with Crippen LogP contribution >= 0.6 is 0 Å². The number of hydrogen-bond acceptors (Lipinski definition) is 4. The standard InChI is InChI=1S/C13H20FNO3/c1-16-9-7-15-10-11-4-3-5-12(17-2)13(11)18-8-6-14/h3-5,15H,6-10H2,1-2H3. The van der Waals surface area contributed by atoms with Gasteiger partial charge in [-0.3, -0.25) is 0 Å². The molecular formula is C13H20FNO3. The average Bonchev–Trinajstić information content (AvgIpc) is 2.41. The SMILES string of the molecule is COCCNCc1cccc(OC)c1OCCF. The van der Waals surface area contributed by atoms with Crippen molar-refractivity contribution >= 4 is 0 Å². The molecule has 0 unspecified atom stereocenters. The summed E-state index contributed by atoms with van der Waals surface area (Å²) in [6, 6.07) is 5.61. The lowest BCUT2D eigenvalue weighted by molar-refractivity contribution is 0.199. The first-order valence-electron chi connectivity index (χ1n) is 5.87. The van der Waals surface area contributed by atoms with Crippen molar-refractivity contribution in [3.8, 4) is 11.5 Å². The Morgan fingerprint density at radius 3 is 2.72 bits per heavy atom. The number of para-hydroxylation sites is 1. The first-order chi connectivity index (χ1) is 8.83. The Labute approximate surface area is 107 Å². The van der Waals surface area contributed by atoms with E-state index in [2.05, 4.69) is 5.32 Å². The molecule has 0 aliphatic rings. The van der Waals surface area contributed by atoms with Gasteiger partial charge in [-0.1, -0.05) is 12.1 Å². The number of alkyl halides is 1. The maximum atomic E-state index is 12.2. The van der Waals surface area contributed by atoms with Crippen molar-refractivity contribution in [3.63, 3.8) is 0 Å². The summed E-state index contributed by atoms with van der Waals surface area (Å²) < 4.78 is 27.8. The lowest BCUT2D eigenvalue weighted by atomic mass is 10.2. The van der Waals surface area contributed by atoms with Crippen molar-refractivity contribution in [1.82, 2.24) is 5.32 Å². The molecule has 5 heteroatoms. The molecule has 0 heterocycles. The van der Waals surface area contributed by atoms with E-state index in [9.17, 15) is 4.39 Å². The molecule has 0 aliphatic heterocycles. The molecule has 1 N–H and O–H groups in total. The number of hydrogen-bond donors (Lipinski definition) is 1. The molecule has 0 aromatic heterocycles. The van der Waals surface area contributed by atoms with Crippen LogP contribution in [0.5, 0.6) is 11.5 Å². The second kappa shape index (κ2) is 8.72. The van der Waals surface area contributed by atoms with E-state index in [-0.39, 0.29) is 6.61 Å². The van der Waals surface area contributed by atoms with Crippen LogP contribution in [0.4, 0.5) is 4.39 Å². The van der Waals surface area contributed by atoms with Gasteiger partial charge in [-0.2, -0.15) is 0 Å².